The topological polar surface area (TPSA) is 43.6 Å². The molecule has 0 radical (unpaired) electrons. The van der Waals surface area contributed by atoms with Crippen LogP contribution in [0.15, 0.2) is 31.0 Å². The summed E-state index contributed by atoms with van der Waals surface area (Å²) >= 11 is 3.41. The van der Waals surface area contributed by atoms with Gasteiger partial charge >= 0.3 is 0 Å². The fraction of sp³-hybridized carbons (Fsp3) is 0.300. The Bertz CT molecular complexity index is 396. The molecule has 0 aliphatic heterocycles. The average Bonchev–Trinajstić information content (AvgIpc) is 2.80. The third-order valence-electron chi connectivity index (χ3n) is 2.06. The van der Waals surface area contributed by atoms with Gasteiger partial charge in [-0.15, -0.1) is 0 Å². The van der Waals surface area contributed by atoms with Gasteiger partial charge < -0.3 is 0 Å². The van der Waals surface area contributed by atoms with Crippen molar-refractivity contribution >= 4 is 15.9 Å². The van der Waals surface area contributed by atoms with Crippen molar-refractivity contribution in [1.29, 1.82) is 0 Å². The van der Waals surface area contributed by atoms with Crippen LogP contribution in [0.25, 0.3) is 5.82 Å². The van der Waals surface area contributed by atoms with Gasteiger partial charge in [-0.1, -0.05) is 22.0 Å². The summed E-state index contributed by atoms with van der Waals surface area (Å²) in [7, 11) is 0. The number of pyridine rings is 1. The molecule has 2 rings (SSSR count). The monoisotopic (exact) mass is 266 g/mol. The third-order valence-corrected chi connectivity index (χ3v) is 2.62. The molecule has 0 saturated carbocycles. The Morgan fingerprint density at radius 3 is 2.87 bits per heavy atom. The summed E-state index contributed by atoms with van der Waals surface area (Å²) in [6, 6.07) is 4.03. The first-order valence-electron chi connectivity index (χ1n) is 4.76. The number of hydrogen-bond acceptors (Lipinski definition) is 3. The van der Waals surface area contributed by atoms with E-state index in [2.05, 4.69) is 37.1 Å². The van der Waals surface area contributed by atoms with Gasteiger partial charge in [0.1, 0.15) is 12.7 Å². The molecule has 5 heteroatoms. The first kappa shape index (κ1) is 10.3. The van der Waals surface area contributed by atoms with Crippen LogP contribution in [0, 0.1) is 0 Å². The molecule has 0 spiro atoms. The number of aryl methyl sites for hydroxylation is 1. The van der Waals surface area contributed by atoms with Gasteiger partial charge in [0.05, 0.1) is 0 Å². The zero-order valence-electron chi connectivity index (χ0n) is 8.17. The number of rotatable bonds is 4. The van der Waals surface area contributed by atoms with E-state index >= 15 is 0 Å². The van der Waals surface area contributed by atoms with E-state index in [4.69, 9.17) is 0 Å². The highest BCUT2D eigenvalue weighted by Crippen LogP contribution is 2.06. The van der Waals surface area contributed by atoms with Crippen molar-refractivity contribution in [1.82, 2.24) is 19.7 Å². The van der Waals surface area contributed by atoms with E-state index in [1.165, 1.54) is 11.9 Å². The van der Waals surface area contributed by atoms with E-state index in [0.717, 1.165) is 24.0 Å². The van der Waals surface area contributed by atoms with Crippen molar-refractivity contribution in [3.8, 4) is 5.82 Å². The quantitative estimate of drug-likeness (QED) is 0.796. The Balaban J connectivity index is 2.11. The van der Waals surface area contributed by atoms with Crippen LogP contribution in [0.3, 0.4) is 0 Å². The highest BCUT2D eigenvalue weighted by atomic mass is 79.9. The Labute approximate surface area is 96.5 Å². The van der Waals surface area contributed by atoms with E-state index in [1.54, 1.807) is 11.0 Å². The van der Waals surface area contributed by atoms with Gasteiger partial charge in [0.25, 0.3) is 0 Å². The molecule has 15 heavy (non-hydrogen) atoms. The van der Waals surface area contributed by atoms with Crippen LogP contribution in [0.4, 0.5) is 0 Å². The molecule has 0 bridgehead atoms. The van der Waals surface area contributed by atoms with Crippen LogP contribution in [0.1, 0.15) is 12.0 Å². The van der Waals surface area contributed by atoms with Crippen LogP contribution >= 0.6 is 15.9 Å². The van der Waals surface area contributed by atoms with Gasteiger partial charge in [-0.2, -0.15) is 5.10 Å². The molecule has 0 aliphatic rings. The molecule has 2 aromatic heterocycles. The molecule has 2 heterocycles. The normalized spacial score (nSPS) is 10.5. The minimum atomic E-state index is 0.801. The smallest absolute Gasteiger partial charge is 0.155 e. The molecule has 0 saturated heterocycles. The highest BCUT2D eigenvalue weighted by molar-refractivity contribution is 9.09. The van der Waals surface area contributed by atoms with Crippen LogP contribution in [0.2, 0.25) is 0 Å². The molecular weight excluding hydrogens is 256 g/mol. The molecule has 0 amide bonds. The zero-order valence-corrected chi connectivity index (χ0v) is 9.76. The van der Waals surface area contributed by atoms with E-state index in [0.29, 0.717) is 0 Å². The summed E-state index contributed by atoms with van der Waals surface area (Å²) in [4.78, 5) is 8.20. The van der Waals surface area contributed by atoms with Crippen LogP contribution in [-0.4, -0.2) is 25.1 Å². The van der Waals surface area contributed by atoms with Crippen molar-refractivity contribution in [3.63, 3.8) is 0 Å². The summed E-state index contributed by atoms with van der Waals surface area (Å²) in [6.07, 6.45) is 7.21. The van der Waals surface area contributed by atoms with E-state index < -0.39 is 0 Å². The van der Waals surface area contributed by atoms with Gasteiger partial charge in [0, 0.05) is 11.5 Å². The standard InChI is InChI=1S/C10H11BrN4/c11-5-1-2-9-3-4-10(13-6-9)15-8-12-7-14-15/h3-4,6-8H,1-2,5H2. The van der Waals surface area contributed by atoms with E-state index in [9.17, 15) is 0 Å². The average molecular weight is 267 g/mol. The number of halogens is 1. The molecule has 78 valence electrons. The summed E-state index contributed by atoms with van der Waals surface area (Å²) in [5.74, 6) is 0.801. The lowest BCUT2D eigenvalue weighted by atomic mass is 10.2. The second-order valence-corrected chi connectivity index (χ2v) is 3.95. The number of hydrogen-bond donors (Lipinski definition) is 0. The van der Waals surface area contributed by atoms with Crippen molar-refractivity contribution in [2.75, 3.05) is 5.33 Å². The van der Waals surface area contributed by atoms with Crippen molar-refractivity contribution in [2.45, 2.75) is 12.8 Å². The summed E-state index contributed by atoms with van der Waals surface area (Å²) < 4.78 is 1.65. The third kappa shape index (κ3) is 2.62. The Morgan fingerprint density at radius 1 is 1.33 bits per heavy atom. The summed E-state index contributed by atoms with van der Waals surface area (Å²) in [5, 5.41) is 5.04. The molecule has 0 N–H and O–H groups in total. The maximum Gasteiger partial charge on any atom is 0.155 e. The minimum Gasteiger partial charge on any atom is -0.237 e. The predicted octanol–water partition coefficient (Wildman–Crippen LogP) is 1.99. The fourth-order valence-electron chi connectivity index (χ4n) is 1.30. The first-order valence-corrected chi connectivity index (χ1v) is 5.88. The van der Waals surface area contributed by atoms with Crippen LogP contribution in [0.5, 0.6) is 0 Å². The van der Waals surface area contributed by atoms with Crippen molar-refractivity contribution in [2.24, 2.45) is 0 Å². The molecule has 0 atom stereocenters. The number of aromatic nitrogens is 4. The van der Waals surface area contributed by atoms with Crippen LogP contribution in [-0.2, 0) is 6.42 Å². The lowest BCUT2D eigenvalue weighted by Crippen LogP contribution is -1.98. The van der Waals surface area contributed by atoms with Crippen molar-refractivity contribution in [3.05, 3.63) is 36.5 Å². The molecule has 4 nitrogen and oxygen atoms in total. The van der Waals surface area contributed by atoms with Gasteiger partial charge in [-0.25, -0.2) is 14.6 Å². The first-order chi connectivity index (χ1) is 7.40. The number of alkyl halides is 1. The lowest BCUT2D eigenvalue weighted by Gasteiger charge is -2.01. The van der Waals surface area contributed by atoms with Crippen LogP contribution < -0.4 is 0 Å². The predicted molar refractivity (Wildman–Crippen MR) is 61.3 cm³/mol. The van der Waals surface area contributed by atoms with E-state index in [1.807, 2.05) is 12.3 Å². The Morgan fingerprint density at radius 2 is 2.27 bits per heavy atom. The SMILES string of the molecule is BrCCCc1ccc(-n2cncn2)nc1. The summed E-state index contributed by atoms with van der Waals surface area (Å²) in [5.41, 5.74) is 1.25. The van der Waals surface area contributed by atoms with Gasteiger partial charge in [-0.05, 0) is 24.5 Å². The molecule has 2 aromatic rings. The van der Waals surface area contributed by atoms with E-state index in [-0.39, 0.29) is 0 Å². The summed E-state index contributed by atoms with van der Waals surface area (Å²) in [6.45, 7) is 0. The minimum absolute atomic E-state index is 0.801. The molecular formula is C10H11BrN4. The molecule has 0 unspecified atom stereocenters. The van der Waals surface area contributed by atoms with Gasteiger partial charge in [-0.3, -0.25) is 0 Å². The maximum absolute atomic E-state index is 4.32. The highest BCUT2D eigenvalue weighted by Gasteiger charge is 1.98. The molecule has 0 fully saturated rings. The zero-order chi connectivity index (χ0) is 10.5. The Hall–Kier alpha value is -1.23. The lowest BCUT2D eigenvalue weighted by molar-refractivity contribution is 0.837. The van der Waals surface area contributed by atoms with Crippen molar-refractivity contribution < 1.29 is 0 Å². The second kappa shape index (κ2) is 5.02. The molecule has 0 aromatic carbocycles. The van der Waals surface area contributed by atoms with Gasteiger partial charge in [0.15, 0.2) is 5.82 Å². The maximum atomic E-state index is 4.32. The fourth-order valence-corrected chi connectivity index (χ4v) is 1.58. The largest absolute Gasteiger partial charge is 0.237 e. The van der Waals surface area contributed by atoms with Gasteiger partial charge in [0.2, 0.25) is 0 Å². The number of nitrogens with zero attached hydrogens (tertiary/aromatic N) is 4. The second-order valence-electron chi connectivity index (χ2n) is 3.16. The Kier molecular flexibility index (Phi) is 3.45. The molecule has 0 aliphatic carbocycles.